The first-order valence-electron chi connectivity index (χ1n) is 3.57. The summed E-state index contributed by atoms with van der Waals surface area (Å²) < 4.78 is 0. The third-order valence-electron chi connectivity index (χ3n) is 1.19. The Balaban J connectivity index is 3.78. The van der Waals surface area contributed by atoms with Crippen LogP contribution in [0.1, 0.15) is 6.92 Å². The topological polar surface area (TPSA) is 12.0 Å². The second kappa shape index (κ2) is 6.21. The summed E-state index contributed by atoms with van der Waals surface area (Å²) in [5.74, 6) is 0.864. The molecule has 0 bridgehead atoms. The molecule has 0 radical (unpaired) electrons. The molecule has 0 aromatic rings. The molecule has 0 heterocycles. The van der Waals surface area contributed by atoms with Gasteiger partial charge in [-0.05, 0) is 17.9 Å². The predicted molar refractivity (Wildman–Crippen MR) is 59.4 cm³/mol. The summed E-state index contributed by atoms with van der Waals surface area (Å²) in [5, 5.41) is 3.54. The number of nitrogens with one attached hydrogen (secondary N) is 1. The minimum Gasteiger partial charge on any atom is -0.391 e. The molecule has 0 atom stereocenters. The number of thioether (sulfide) groups is 1. The average Bonchev–Trinajstić information content (AvgIpc) is 1.99. The molecule has 0 saturated heterocycles. The van der Waals surface area contributed by atoms with Crippen molar-refractivity contribution in [3.8, 4) is 0 Å². The average molecular weight is 204 g/mol. The lowest BCUT2D eigenvalue weighted by atomic mass is 10.5. The molecule has 0 rings (SSSR count). The molecule has 0 aliphatic heterocycles. The van der Waals surface area contributed by atoms with E-state index in [9.17, 15) is 0 Å². The maximum absolute atomic E-state index is 5.60. The number of rotatable bonds is 5. The van der Waals surface area contributed by atoms with Crippen molar-refractivity contribution in [3.63, 3.8) is 0 Å². The minimum atomic E-state index is 0.565. The quantitative estimate of drug-likeness (QED) is 0.690. The van der Waals surface area contributed by atoms with Crippen LogP contribution in [-0.2, 0) is 0 Å². The summed E-state index contributed by atoms with van der Waals surface area (Å²) in [6.07, 6.45) is 1.84. The van der Waals surface area contributed by atoms with Crippen LogP contribution in [0.25, 0.3) is 0 Å². The van der Waals surface area contributed by atoms with E-state index in [1.165, 1.54) is 0 Å². The molecule has 0 amide bonds. The highest BCUT2D eigenvalue weighted by Crippen LogP contribution is 2.18. The zero-order valence-electron chi connectivity index (χ0n) is 7.48. The van der Waals surface area contributed by atoms with E-state index in [0.29, 0.717) is 5.03 Å². The molecule has 0 aliphatic carbocycles. The first-order valence-corrected chi connectivity index (χ1v) is 4.93. The molecule has 0 aromatic carbocycles. The summed E-state index contributed by atoms with van der Waals surface area (Å²) in [6.45, 7) is 9.39. The van der Waals surface area contributed by atoms with Gasteiger partial charge in [0.1, 0.15) is 0 Å². The van der Waals surface area contributed by atoms with Gasteiger partial charge in [0.05, 0.1) is 0 Å². The highest BCUT2D eigenvalue weighted by molar-refractivity contribution is 8.03. The van der Waals surface area contributed by atoms with Crippen LogP contribution in [0.2, 0.25) is 0 Å². The lowest BCUT2D eigenvalue weighted by Gasteiger charge is -2.03. The van der Waals surface area contributed by atoms with Crippen molar-refractivity contribution >= 4 is 23.4 Å². The Hall–Kier alpha value is -0.340. The van der Waals surface area contributed by atoms with E-state index in [1.54, 1.807) is 11.8 Å². The first kappa shape index (κ1) is 11.7. The van der Waals surface area contributed by atoms with Gasteiger partial charge in [-0.15, -0.1) is 11.8 Å². The fraction of sp³-hybridized carbons (Fsp3) is 0.333. The van der Waals surface area contributed by atoms with E-state index in [-0.39, 0.29) is 0 Å². The van der Waals surface area contributed by atoms with Crippen molar-refractivity contribution in [2.45, 2.75) is 6.92 Å². The zero-order chi connectivity index (χ0) is 9.56. The highest BCUT2D eigenvalue weighted by Gasteiger charge is 1.93. The summed E-state index contributed by atoms with van der Waals surface area (Å²) in [6, 6.07) is 0. The van der Waals surface area contributed by atoms with Crippen molar-refractivity contribution in [1.82, 2.24) is 5.32 Å². The standard InChI is InChI=1S/C9H14ClNS/c1-7(10)5-9(3)12-6-8(2)11-4/h5,11H,1-2,6H2,3-4H3/b9-5+. The van der Waals surface area contributed by atoms with Gasteiger partial charge in [-0.1, -0.05) is 24.8 Å². The molecule has 0 spiro atoms. The van der Waals surface area contributed by atoms with Gasteiger partial charge >= 0.3 is 0 Å². The van der Waals surface area contributed by atoms with Gasteiger partial charge in [0, 0.05) is 23.5 Å². The van der Waals surface area contributed by atoms with Crippen molar-refractivity contribution < 1.29 is 0 Å². The number of hydrogen-bond donors (Lipinski definition) is 1. The summed E-state index contributed by atoms with van der Waals surface area (Å²) in [5.41, 5.74) is 1.01. The van der Waals surface area contributed by atoms with Gasteiger partial charge in [0.2, 0.25) is 0 Å². The van der Waals surface area contributed by atoms with Gasteiger partial charge in [-0.25, -0.2) is 0 Å². The van der Waals surface area contributed by atoms with Gasteiger partial charge in [-0.3, -0.25) is 0 Å². The molecule has 0 aromatic heterocycles. The van der Waals surface area contributed by atoms with E-state index in [1.807, 2.05) is 20.0 Å². The van der Waals surface area contributed by atoms with E-state index in [2.05, 4.69) is 18.5 Å². The summed E-state index contributed by atoms with van der Waals surface area (Å²) >= 11 is 7.29. The Morgan fingerprint density at radius 3 is 2.58 bits per heavy atom. The van der Waals surface area contributed by atoms with E-state index in [4.69, 9.17) is 11.6 Å². The summed E-state index contributed by atoms with van der Waals surface area (Å²) in [7, 11) is 1.86. The molecule has 0 saturated carbocycles. The number of hydrogen-bond acceptors (Lipinski definition) is 2. The second-order valence-corrected chi connectivity index (χ2v) is 4.05. The van der Waals surface area contributed by atoms with Crippen LogP contribution in [0.4, 0.5) is 0 Å². The molecule has 1 nitrogen and oxygen atoms in total. The van der Waals surface area contributed by atoms with Crippen LogP contribution >= 0.6 is 23.4 Å². The predicted octanol–water partition coefficient (Wildman–Crippen LogP) is 3.11. The van der Waals surface area contributed by atoms with Crippen LogP contribution in [0.5, 0.6) is 0 Å². The smallest absolute Gasteiger partial charge is 0.0370 e. The molecule has 0 fully saturated rings. The lowest BCUT2D eigenvalue weighted by Crippen LogP contribution is -2.05. The van der Waals surface area contributed by atoms with Crippen molar-refractivity contribution in [2.24, 2.45) is 0 Å². The van der Waals surface area contributed by atoms with E-state index in [0.717, 1.165) is 16.4 Å². The highest BCUT2D eigenvalue weighted by atomic mass is 35.5. The lowest BCUT2D eigenvalue weighted by molar-refractivity contribution is 1.01. The summed E-state index contributed by atoms with van der Waals surface area (Å²) in [4.78, 5) is 1.14. The fourth-order valence-electron chi connectivity index (χ4n) is 0.535. The van der Waals surface area contributed by atoms with Crippen LogP contribution in [0.3, 0.4) is 0 Å². The van der Waals surface area contributed by atoms with Crippen molar-refractivity contribution in [1.29, 1.82) is 0 Å². The molecule has 0 unspecified atom stereocenters. The Morgan fingerprint density at radius 1 is 1.58 bits per heavy atom. The Kier molecular flexibility index (Phi) is 6.03. The van der Waals surface area contributed by atoms with Crippen molar-refractivity contribution in [3.05, 3.63) is 34.9 Å². The molecular weight excluding hydrogens is 190 g/mol. The van der Waals surface area contributed by atoms with Gasteiger partial charge in [-0.2, -0.15) is 0 Å². The fourth-order valence-corrected chi connectivity index (χ4v) is 1.54. The van der Waals surface area contributed by atoms with Crippen molar-refractivity contribution in [2.75, 3.05) is 12.8 Å². The minimum absolute atomic E-state index is 0.565. The molecule has 0 aliphatic rings. The zero-order valence-corrected chi connectivity index (χ0v) is 9.06. The molecule has 68 valence electrons. The first-order chi connectivity index (χ1) is 5.56. The maximum atomic E-state index is 5.60. The number of allylic oxidation sites excluding steroid dienone is 3. The van der Waals surface area contributed by atoms with Crippen LogP contribution in [0, 0.1) is 0 Å². The number of halogens is 1. The van der Waals surface area contributed by atoms with Gasteiger partial charge < -0.3 is 5.32 Å². The Bertz CT molecular complexity index is 209. The van der Waals surface area contributed by atoms with Gasteiger partial charge in [0.25, 0.3) is 0 Å². The van der Waals surface area contributed by atoms with Crippen LogP contribution in [-0.4, -0.2) is 12.8 Å². The molecule has 3 heteroatoms. The van der Waals surface area contributed by atoms with Crippen LogP contribution in [0.15, 0.2) is 34.9 Å². The normalized spacial score (nSPS) is 11.1. The molecule has 1 N–H and O–H groups in total. The SMILES string of the molecule is C=C(Cl)/C=C(\C)SCC(=C)NC. The maximum Gasteiger partial charge on any atom is 0.0370 e. The third-order valence-corrected chi connectivity index (χ3v) is 2.36. The molecule has 12 heavy (non-hydrogen) atoms. The monoisotopic (exact) mass is 203 g/mol. The Labute approximate surface area is 83.6 Å². The van der Waals surface area contributed by atoms with E-state index >= 15 is 0 Å². The van der Waals surface area contributed by atoms with Gasteiger partial charge in [0.15, 0.2) is 0 Å². The third kappa shape index (κ3) is 6.38. The second-order valence-electron chi connectivity index (χ2n) is 2.34. The van der Waals surface area contributed by atoms with Crippen LogP contribution < -0.4 is 5.32 Å². The largest absolute Gasteiger partial charge is 0.391 e. The van der Waals surface area contributed by atoms with E-state index < -0.39 is 0 Å². The Morgan fingerprint density at radius 2 is 2.17 bits per heavy atom. The molecular formula is C9H14ClNS.